The molecule has 1 amide bonds. The molecule has 19 heavy (non-hydrogen) atoms. The number of amides is 1. The first-order valence-corrected chi connectivity index (χ1v) is 5.24. The number of carboxylic acid groups (broad SMARTS) is 1. The number of nitro benzene ring substituents is 1. The van der Waals surface area contributed by atoms with Crippen LogP contribution in [0.4, 0.5) is 10.1 Å². The van der Waals surface area contributed by atoms with Gasteiger partial charge in [0.05, 0.1) is 11.3 Å². The van der Waals surface area contributed by atoms with Crippen molar-refractivity contribution >= 4 is 17.6 Å². The smallest absolute Gasteiger partial charge is 0.305 e. The quantitative estimate of drug-likeness (QED) is 0.641. The van der Waals surface area contributed by atoms with Crippen LogP contribution in [-0.2, 0) is 4.79 Å². The standard InChI is InChI=1S/C11H11FN2O5/c1-13(5-4-10(15)16)11(17)7-2-3-9(14(18)19)8(12)6-7/h2-3,6H,4-5H2,1H3,(H,15,16). The van der Waals surface area contributed by atoms with Gasteiger partial charge < -0.3 is 10.0 Å². The van der Waals surface area contributed by atoms with Gasteiger partial charge in [0.1, 0.15) is 0 Å². The molecule has 1 aromatic rings. The van der Waals surface area contributed by atoms with Crippen LogP contribution >= 0.6 is 0 Å². The van der Waals surface area contributed by atoms with E-state index in [1.54, 1.807) is 0 Å². The van der Waals surface area contributed by atoms with E-state index in [-0.39, 0.29) is 18.5 Å². The van der Waals surface area contributed by atoms with Gasteiger partial charge in [0, 0.05) is 25.2 Å². The van der Waals surface area contributed by atoms with E-state index in [1.807, 2.05) is 0 Å². The molecule has 0 aliphatic rings. The maximum atomic E-state index is 13.3. The molecule has 0 heterocycles. The predicted molar refractivity (Wildman–Crippen MR) is 62.3 cm³/mol. The van der Waals surface area contributed by atoms with Crippen LogP contribution < -0.4 is 0 Å². The monoisotopic (exact) mass is 270 g/mol. The molecule has 1 N–H and O–H groups in total. The van der Waals surface area contributed by atoms with E-state index in [2.05, 4.69) is 0 Å². The van der Waals surface area contributed by atoms with Gasteiger partial charge in [-0.05, 0) is 12.1 Å². The Morgan fingerprint density at radius 1 is 1.47 bits per heavy atom. The molecule has 0 saturated carbocycles. The topological polar surface area (TPSA) is 101 Å². The SMILES string of the molecule is CN(CCC(=O)O)C(=O)c1ccc([N+](=O)[O-])c(F)c1. The number of hydrogen-bond donors (Lipinski definition) is 1. The van der Waals surface area contributed by atoms with Gasteiger partial charge in [-0.25, -0.2) is 0 Å². The minimum atomic E-state index is -1.11. The van der Waals surface area contributed by atoms with Crippen molar-refractivity contribution in [3.8, 4) is 0 Å². The Morgan fingerprint density at radius 2 is 2.11 bits per heavy atom. The second-order valence-corrected chi connectivity index (χ2v) is 3.79. The van der Waals surface area contributed by atoms with Crippen LogP contribution in [0.5, 0.6) is 0 Å². The van der Waals surface area contributed by atoms with E-state index in [0.29, 0.717) is 0 Å². The van der Waals surface area contributed by atoms with Gasteiger partial charge in [0.2, 0.25) is 5.82 Å². The van der Waals surface area contributed by atoms with E-state index in [0.717, 1.165) is 23.1 Å². The maximum absolute atomic E-state index is 13.3. The Hall–Kier alpha value is -2.51. The van der Waals surface area contributed by atoms with Crippen molar-refractivity contribution < 1.29 is 24.0 Å². The summed E-state index contributed by atoms with van der Waals surface area (Å²) in [6.07, 6.45) is -0.238. The maximum Gasteiger partial charge on any atom is 0.305 e. The van der Waals surface area contributed by atoms with Crippen LogP contribution in [0.25, 0.3) is 0 Å². The van der Waals surface area contributed by atoms with Crippen molar-refractivity contribution in [1.29, 1.82) is 0 Å². The lowest BCUT2D eigenvalue weighted by Gasteiger charge is -2.15. The minimum absolute atomic E-state index is 0.0349. The largest absolute Gasteiger partial charge is 0.481 e. The van der Waals surface area contributed by atoms with Gasteiger partial charge in [0.25, 0.3) is 5.91 Å². The average Bonchev–Trinajstić information content (AvgIpc) is 2.34. The summed E-state index contributed by atoms with van der Waals surface area (Å²) in [5.41, 5.74) is -0.791. The zero-order valence-electron chi connectivity index (χ0n) is 10.00. The molecule has 0 aliphatic heterocycles. The number of carbonyl (C=O) groups excluding carboxylic acids is 1. The third-order valence-corrected chi connectivity index (χ3v) is 2.40. The molecule has 0 fully saturated rings. The zero-order chi connectivity index (χ0) is 14.6. The summed E-state index contributed by atoms with van der Waals surface area (Å²) in [5.74, 6) is -2.77. The molecule has 0 spiro atoms. The fourth-order valence-corrected chi connectivity index (χ4v) is 1.37. The van der Waals surface area contributed by atoms with Crippen LogP contribution in [0.2, 0.25) is 0 Å². The van der Waals surface area contributed by atoms with Gasteiger partial charge in [0.15, 0.2) is 0 Å². The number of carboxylic acids is 1. The number of rotatable bonds is 5. The fraction of sp³-hybridized carbons (Fsp3) is 0.273. The van der Waals surface area contributed by atoms with Gasteiger partial charge >= 0.3 is 11.7 Å². The lowest BCUT2D eigenvalue weighted by molar-refractivity contribution is -0.387. The lowest BCUT2D eigenvalue weighted by Crippen LogP contribution is -2.29. The highest BCUT2D eigenvalue weighted by atomic mass is 19.1. The third-order valence-electron chi connectivity index (χ3n) is 2.40. The van der Waals surface area contributed by atoms with E-state index < -0.39 is 28.3 Å². The van der Waals surface area contributed by atoms with Crippen molar-refractivity contribution in [2.24, 2.45) is 0 Å². The van der Waals surface area contributed by atoms with E-state index in [1.165, 1.54) is 7.05 Å². The highest BCUT2D eigenvalue weighted by molar-refractivity contribution is 5.94. The van der Waals surface area contributed by atoms with E-state index in [9.17, 15) is 24.1 Å². The minimum Gasteiger partial charge on any atom is -0.481 e. The highest BCUT2D eigenvalue weighted by Gasteiger charge is 2.18. The van der Waals surface area contributed by atoms with Crippen molar-refractivity contribution in [2.45, 2.75) is 6.42 Å². The molecular weight excluding hydrogens is 259 g/mol. The average molecular weight is 270 g/mol. The number of carbonyl (C=O) groups is 2. The molecule has 1 aromatic carbocycles. The number of aliphatic carboxylic acids is 1. The summed E-state index contributed by atoms with van der Waals surface area (Å²) in [6.45, 7) is -0.0349. The summed E-state index contributed by atoms with van der Waals surface area (Å²) in [4.78, 5) is 32.8. The number of nitro groups is 1. The number of hydrogen-bond acceptors (Lipinski definition) is 4. The Kier molecular flexibility index (Phi) is 4.51. The first-order chi connectivity index (χ1) is 8.82. The molecular formula is C11H11FN2O5. The molecule has 0 aliphatic carbocycles. The summed E-state index contributed by atoms with van der Waals surface area (Å²) in [5, 5.41) is 18.9. The number of benzene rings is 1. The van der Waals surface area contributed by atoms with Crippen molar-refractivity contribution in [3.63, 3.8) is 0 Å². The summed E-state index contributed by atoms with van der Waals surface area (Å²) < 4.78 is 13.3. The summed E-state index contributed by atoms with van der Waals surface area (Å²) in [7, 11) is 1.37. The second kappa shape index (κ2) is 5.89. The predicted octanol–water partition coefficient (Wildman–Crippen LogP) is 1.28. The fourth-order valence-electron chi connectivity index (χ4n) is 1.37. The van der Waals surface area contributed by atoms with Crippen LogP contribution in [0, 0.1) is 15.9 Å². The van der Waals surface area contributed by atoms with Crippen molar-refractivity contribution in [1.82, 2.24) is 4.90 Å². The van der Waals surface area contributed by atoms with Crippen LogP contribution in [0.15, 0.2) is 18.2 Å². The number of nitrogens with zero attached hydrogens (tertiary/aromatic N) is 2. The molecule has 0 bridgehead atoms. The zero-order valence-corrected chi connectivity index (χ0v) is 10.00. The van der Waals surface area contributed by atoms with Gasteiger partial charge in [-0.2, -0.15) is 4.39 Å². The molecule has 0 unspecified atom stereocenters. The van der Waals surface area contributed by atoms with Crippen molar-refractivity contribution in [2.75, 3.05) is 13.6 Å². The van der Waals surface area contributed by atoms with Crippen LogP contribution in [0.1, 0.15) is 16.8 Å². The van der Waals surface area contributed by atoms with Crippen LogP contribution in [0.3, 0.4) is 0 Å². The lowest BCUT2D eigenvalue weighted by atomic mass is 10.1. The Morgan fingerprint density at radius 3 is 2.58 bits per heavy atom. The van der Waals surface area contributed by atoms with Gasteiger partial charge in [-0.3, -0.25) is 19.7 Å². The van der Waals surface area contributed by atoms with E-state index in [4.69, 9.17) is 5.11 Å². The first kappa shape index (κ1) is 14.6. The molecule has 0 aromatic heterocycles. The molecule has 8 heteroatoms. The molecule has 1 rings (SSSR count). The molecule has 102 valence electrons. The first-order valence-electron chi connectivity index (χ1n) is 5.24. The van der Waals surface area contributed by atoms with Crippen LogP contribution in [-0.4, -0.2) is 40.4 Å². The normalized spacial score (nSPS) is 10.0. The van der Waals surface area contributed by atoms with Gasteiger partial charge in [-0.15, -0.1) is 0 Å². The summed E-state index contributed by atoms with van der Waals surface area (Å²) in [6, 6.07) is 2.78. The molecule has 0 atom stereocenters. The van der Waals surface area contributed by atoms with E-state index >= 15 is 0 Å². The highest BCUT2D eigenvalue weighted by Crippen LogP contribution is 2.18. The van der Waals surface area contributed by atoms with Crippen molar-refractivity contribution in [3.05, 3.63) is 39.7 Å². The van der Waals surface area contributed by atoms with Gasteiger partial charge in [-0.1, -0.05) is 0 Å². The molecule has 0 saturated heterocycles. The number of halogens is 1. The molecule has 0 radical (unpaired) electrons. The summed E-state index contributed by atoms with van der Waals surface area (Å²) >= 11 is 0. The Labute approximate surface area is 107 Å². The molecule has 7 nitrogen and oxygen atoms in total. The second-order valence-electron chi connectivity index (χ2n) is 3.79. The Bertz CT molecular complexity index is 532. The third kappa shape index (κ3) is 3.73. The Balaban J connectivity index is 2.85.